The topological polar surface area (TPSA) is 38.2 Å². The van der Waals surface area contributed by atoms with Gasteiger partial charge >= 0.3 is 0 Å². The van der Waals surface area contributed by atoms with Crippen molar-refractivity contribution >= 4 is 23.9 Å². The molecule has 0 radical (unpaired) electrons. The Hall–Kier alpha value is -1.95. The average Bonchev–Trinajstić information content (AvgIpc) is 3.17. The quantitative estimate of drug-likeness (QED) is 0.388. The molecular formula is C25H34ClN3OS. The van der Waals surface area contributed by atoms with Crippen LogP contribution in [-0.4, -0.2) is 34.4 Å². The fourth-order valence-corrected chi connectivity index (χ4v) is 3.84. The van der Waals surface area contributed by atoms with Gasteiger partial charge in [-0.15, -0.1) is 12.4 Å². The maximum absolute atomic E-state index is 6.11. The molecule has 0 aliphatic heterocycles. The molecule has 31 heavy (non-hydrogen) atoms. The summed E-state index contributed by atoms with van der Waals surface area (Å²) in [5.74, 6) is 1.56. The van der Waals surface area contributed by atoms with Crippen molar-refractivity contribution in [3.8, 4) is 22.3 Å². The number of halogens is 1. The van der Waals surface area contributed by atoms with Crippen molar-refractivity contribution in [3.05, 3.63) is 58.7 Å². The molecule has 2 aromatic carbocycles. The zero-order valence-corrected chi connectivity index (χ0v) is 21.3. The van der Waals surface area contributed by atoms with Gasteiger partial charge in [-0.3, -0.25) is 0 Å². The van der Waals surface area contributed by atoms with Gasteiger partial charge in [0.05, 0.1) is 0 Å². The second-order valence-electron chi connectivity index (χ2n) is 9.00. The van der Waals surface area contributed by atoms with Crippen LogP contribution in [0.3, 0.4) is 0 Å². The first-order valence-corrected chi connectivity index (χ1v) is 11.4. The van der Waals surface area contributed by atoms with Gasteiger partial charge in [-0.25, -0.2) is 0 Å². The molecule has 0 amide bonds. The highest BCUT2D eigenvalue weighted by molar-refractivity contribution is 7.07. The van der Waals surface area contributed by atoms with E-state index in [0.29, 0.717) is 11.0 Å². The minimum atomic E-state index is 0. The molecule has 6 heteroatoms. The number of nitrogens with zero attached hydrogens (tertiary/aromatic N) is 3. The van der Waals surface area contributed by atoms with Gasteiger partial charge in [0.15, 0.2) is 5.82 Å². The molecule has 4 nitrogen and oxygen atoms in total. The van der Waals surface area contributed by atoms with Crippen LogP contribution in [0.5, 0.6) is 10.9 Å². The summed E-state index contributed by atoms with van der Waals surface area (Å²) in [6.07, 6.45) is 1.05. The van der Waals surface area contributed by atoms with Crippen LogP contribution < -0.4 is 4.74 Å². The Morgan fingerprint density at radius 1 is 1.03 bits per heavy atom. The normalized spacial score (nSPS) is 11.5. The predicted octanol–water partition coefficient (Wildman–Crippen LogP) is 6.83. The van der Waals surface area contributed by atoms with E-state index in [4.69, 9.17) is 4.74 Å². The minimum Gasteiger partial charge on any atom is -0.430 e. The van der Waals surface area contributed by atoms with E-state index in [1.165, 1.54) is 28.2 Å². The van der Waals surface area contributed by atoms with Gasteiger partial charge in [-0.05, 0) is 67.6 Å². The van der Waals surface area contributed by atoms with Crippen molar-refractivity contribution in [2.45, 2.75) is 53.4 Å². The molecule has 0 fully saturated rings. The van der Waals surface area contributed by atoms with Crippen molar-refractivity contribution in [1.82, 2.24) is 14.3 Å². The first kappa shape index (κ1) is 25.3. The van der Waals surface area contributed by atoms with Gasteiger partial charge in [0.1, 0.15) is 5.75 Å². The van der Waals surface area contributed by atoms with Crippen LogP contribution in [0.25, 0.3) is 11.4 Å². The lowest BCUT2D eigenvalue weighted by atomic mass is 9.87. The van der Waals surface area contributed by atoms with Crippen LogP contribution in [0, 0.1) is 13.8 Å². The number of aromatic nitrogens is 2. The highest BCUT2D eigenvalue weighted by Crippen LogP contribution is 2.32. The van der Waals surface area contributed by atoms with E-state index in [9.17, 15) is 0 Å². The largest absolute Gasteiger partial charge is 0.430 e. The minimum absolute atomic E-state index is 0. The smallest absolute Gasteiger partial charge is 0.299 e. The molecule has 1 heterocycles. The molecule has 0 N–H and O–H groups in total. The Kier molecular flexibility index (Phi) is 8.64. The van der Waals surface area contributed by atoms with E-state index in [2.05, 4.69) is 99.2 Å². The van der Waals surface area contributed by atoms with Crippen LogP contribution in [0.1, 0.15) is 49.9 Å². The molecular weight excluding hydrogens is 426 g/mol. The highest BCUT2D eigenvalue weighted by Gasteiger charge is 2.15. The maximum atomic E-state index is 6.11. The standard InChI is InChI=1S/C25H33N3OS.ClH/c1-8-28(7)14-13-20-15-18(3)22(16-17(20)2)29-24-26-23(27-30-24)19-9-11-21(12-10-19)25(4,5)6;/h9-12,15-16H,8,13-14H2,1-7H3;1H. The number of likely N-dealkylation sites (N-methyl/N-ethyl adjacent to an activating group) is 1. The van der Waals surface area contributed by atoms with E-state index in [0.717, 1.165) is 36.4 Å². The number of benzene rings is 2. The number of rotatable bonds is 7. The average molecular weight is 460 g/mol. The van der Waals surface area contributed by atoms with Crippen LogP contribution in [0.2, 0.25) is 0 Å². The highest BCUT2D eigenvalue weighted by atomic mass is 35.5. The first-order valence-electron chi connectivity index (χ1n) is 10.6. The van der Waals surface area contributed by atoms with Crippen LogP contribution >= 0.6 is 23.9 Å². The van der Waals surface area contributed by atoms with Crippen molar-refractivity contribution in [1.29, 1.82) is 0 Å². The van der Waals surface area contributed by atoms with Gasteiger partial charge in [0, 0.05) is 23.6 Å². The van der Waals surface area contributed by atoms with Gasteiger partial charge in [0.2, 0.25) is 0 Å². The molecule has 3 rings (SSSR count). The lowest BCUT2D eigenvalue weighted by Gasteiger charge is -2.18. The van der Waals surface area contributed by atoms with Gasteiger partial charge < -0.3 is 9.64 Å². The molecule has 0 unspecified atom stereocenters. The Bertz CT molecular complexity index is 993. The van der Waals surface area contributed by atoms with Crippen LogP contribution in [0.15, 0.2) is 36.4 Å². The van der Waals surface area contributed by atoms with E-state index in [1.54, 1.807) is 0 Å². The second-order valence-corrected chi connectivity index (χ2v) is 9.72. The summed E-state index contributed by atoms with van der Waals surface area (Å²) < 4.78 is 10.6. The van der Waals surface area contributed by atoms with E-state index < -0.39 is 0 Å². The number of ether oxygens (including phenoxy) is 1. The third kappa shape index (κ3) is 6.52. The summed E-state index contributed by atoms with van der Waals surface area (Å²) in [5, 5.41) is 0.575. The molecule has 0 aliphatic rings. The summed E-state index contributed by atoms with van der Waals surface area (Å²) in [6.45, 7) is 15.2. The Balaban J connectivity index is 0.00000341. The lowest BCUT2D eigenvalue weighted by Crippen LogP contribution is -2.20. The third-order valence-electron chi connectivity index (χ3n) is 5.55. The molecule has 168 valence electrons. The van der Waals surface area contributed by atoms with Gasteiger partial charge in [0.25, 0.3) is 5.19 Å². The summed E-state index contributed by atoms with van der Waals surface area (Å²) >= 11 is 1.29. The Morgan fingerprint density at radius 2 is 1.71 bits per heavy atom. The fraction of sp³-hybridized carbons (Fsp3) is 0.440. The molecule has 0 aliphatic carbocycles. The zero-order valence-electron chi connectivity index (χ0n) is 19.7. The van der Waals surface area contributed by atoms with Gasteiger partial charge in [-0.2, -0.15) is 9.36 Å². The molecule has 0 saturated carbocycles. The number of hydrogen-bond acceptors (Lipinski definition) is 5. The van der Waals surface area contributed by atoms with Crippen LogP contribution in [0.4, 0.5) is 0 Å². The monoisotopic (exact) mass is 459 g/mol. The summed E-state index contributed by atoms with van der Waals surface area (Å²) in [6, 6.07) is 12.8. The Labute approximate surface area is 197 Å². The van der Waals surface area contributed by atoms with E-state index in [-0.39, 0.29) is 17.8 Å². The summed E-state index contributed by atoms with van der Waals surface area (Å²) in [4.78, 5) is 6.94. The van der Waals surface area contributed by atoms with Crippen molar-refractivity contribution in [2.24, 2.45) is 0 Å². The van der Waals surface area contributed by atoms with E-state index >= 15 is 0 Å². The fourth-order valence-electron chi connectivity index (χ4n) is 3.28. The Morgan fingerprint density at radius 3 is 2.32 bits per heavy atom. The van der Waals surface area contributed by atoms with Crippen molar-refractivity contribution in [3.63, 3.8) is 0 Å². The van der Waals surface area contributed by atoms with Crippen LogP contribution in [-0.2, 0) is 11.8 Å². The SMILES string of the molecule is CCN(C)CCc1cc(C)c(Oc2nc(-c3ccc(C(C)(C)C)cc3)ns2)cc1C.Cl. The molecule has 0 spiro atoms. The molecule has 0 bridgehead atoms. The summed E-state index contributed by atoms with van der Waals surface area (Å²) in [5.41, 5.74) is 6.20. The van der Waals surface area contributed by atoms with Gasteiger partial charge in [-0.1, -0.05) is 58.0 Å². The second kappa shape index (κ2) is 10.6. The molecule has 0 atom stereocenters. The number of hydrogen-bond donors (Lipinski definition) is 0. The molecule has 0 saturated heterocycles. The van der Waals surface area contributed by atoms with Crippen molar-refractivity contribution < 1.29 is 4.74 Å². The molecule has 1 aromatic heterocycles. The zero-order chi connectivity index (χ0) is 21.9. The summed E-state index contributed by atoms with van der Waals surface area (Å²) in [7, 11) is 2.16. The predicted molar refractivity (Wildman–Crippen MR) is 134 cm³/mol. The third-order valence-corrected chi connectivity index (χ3v) is 6.15. The number of aryl methyl sites for hydroxylation is 2. The molecule has 3 aromatic rings. The first-order chi connectivity index (χ1) is 14.2. The van der Waals surface area contributed by atoms with E-state index in [1.807, 2.05) is 0 Å². The lowest BCUT2D eigenvalue weighted by molar-refractivity contribution is 0.357. The maximum Gasteiger partial charge on any atom is 0.299 e. The van der Waals surface area contributed by atoms with Crippen molar-refractivity contribution in [2.75, 3.05) is 20.1 Å².